The van der Waals surface area contributed by atoms with Gasteiger partial charge in [0.15, 0.2) is 0 Å². The maximum Gasteiger partial charge on any atom is 0.0349 e. The topological polar surface area (TPSA) is 25.8 Å². The number of hydrogen-bond acceptors (Lipinski definition) is 2. The highest BCUT2D eigenvalue weighted by molar-refractivity contribution is 9.08. The van der Waals surface area contributed by atoms with E-state index in [1.165, 1.54) is 5.56 Å². The van der Waals surface area contributed by atoms with Gasteiger partial charge in [0, 0.05) is 41.2 Å². The predicted molar refractivity (Wildman–Crippen MR) is 60.1 cm³/mol. The summed E-state index contributed by atoms with van der Waals surface area (Å²) in [7, 11) is 0. The molecule has 0 aliphatic rings. The normalized spacial score (nSPS) is 10.1. The van der Waals surface area contributed by atoms with Crippen molar-refractivity contribution >= 4 is 15.9 Å². The zero-order valence-electron chi connectivity index (χ0n) is 7.52. The summed E-state index contributed by atoms with van der Waals surface area (Å²) in [6.45, 7) is 0. The molecule has 0 saturated heterocycles. The van der Waals surface area contributed by atoms with E-state index in [0.717, 1.165) is 16.5 Å². The molecule has 0 unspecified atom stereocenters. The Hall–Kier alpha value is -1.22. The molecule has 0 amide bonds. The molecule has 0 aliphatic carbocycles. The lowest BCUT2D eigenvalue weighted by Crippen LogP contribution is -1.87. The van der Waals surface area contributed by atoms with Crippen molar-refractivity contribution in [2.75, 3.05) is 0 Å². The Morgan fingerprint density at radius 3 is 2.64 bits per heavy atom. The molecule has 0 N–H and O–H groups in total. The van der Waals surface area contributed by atoms with Crippen molar-refractivity contribution in [3.63, 3.8) is 0 Å². The maximum atomic E-state index is 4.12. The van der Waals surface area contributed by atoms with E-state index in [2.05, 4.69) is 25.9 Å². The van der Waals surface area contributed by atoms with Crippen LogP contribution in [0.5, 0.6) is 0 Å². The SMILES string of the molecule is BrCc1ccncc1-c1cccnc1. The van der Waals surface area contributed by atoms with Gasteiger partial charge in [-0.3, -0.25) is 9.97 Å². The van der Waals surface area contributed by atoms with E-state index < -0.39 is 0 Å². The average molecular weight is 249 g/mol. The van der Waals surface area contributed by atoms with Crippen molar-refractivity contribution in [1.29, 1.82) is 0 Å². The zero-order chi connectivity index (χ0) is 9.80. The third kappa shape index (κ3) is 1.82. The highest BCUT2D eigenvalue weighted by atomic mass is 79.9. The molecule has 0 aliphatic heterocycles. The van der Waals surface area contributed by atoms with Crippen LogP contribution >= 0.6 is 15.9 Å². The minimum absolute atomic E-state index is 0.833. The van der Waals surface area contributed by atoms with Crippen LogP contribution < -0.4 is 0 Å². The van der Waals surface area contributed by atoms with Crippen LogP contribution in [0.25, 0.3) is 11.1 Å². The largest absolute Gasteiger partial charge is 0.264 e. The molecule has 70 valence electrons. The minimum atomic E-state index is 0.833. The Morgan fingerprint density at radius 1 is 1.07 bits per heavy atom. The lowest BCUT2D eigenvalue weighted by molar-refractivity contribution is 1.26. The number of rotatable bonds is 2. The van der Waals surface area contributed by atoms with Crippen molar-refractivity contribution in [2.24, 2.45) is 0 Å². The van der Waals surface area contributed by atoms with Crippen molar-refractivity contribution < 1.29 is 0 Å². The van der Waals surface area contributed by atoms with Gasteiger partial charge in [-0.1, -0.05) is 22.0 Å². The van der Waals surface area contributed by atoms with Crippen LogP contribution in [0, 0.1) is 0 Å². The summed E-state index contributed by atoms with van der Waals surface area (Å²) < 4.78 is 0. The molecule has 2 rings (SSSR count). The van der Waals surface area contributed by atoms with E-state index in [0.29, 0.717) is 0 Å². The molecule has 2 aromatic rings. The minimum Gasteiger partial charge on any atom is -0.264 e. The molecule has 0 spiro atoms. The Bertz CT molecular complexity index is 415. The quantitative estimate of drug-likeness (QED) is 0.764. The number of nitrogens with zero attached hydrogens (tertiary/aromatic N) is 2. The second kappa shape index (κ2) is 4.33. The molecule has 0 fully saturated rings. The number of hydrogen-bond donors (Lipinski definition) is 0. The summed E-state index contributed by atoms with van der Waals surface area (Å²) in [4.78, 5) is 8.21. The highest BCUT2D eigenvalue weighted by Crippen LogP contribution is 2.23. The molecule has 0 aromatic carbocycles. The summed E-state index contributed by atoms with van der Waals surface area (Å²) in [5.74, 6) is 0. The van der Waals surface area contributed by atoms with Crippen LogP contribution in [-0.4, -0.2) is 9.97 Å². The zero-order valence-corrected chi connectivity index (χ0v) is 9.11. The average Bonchev–Trinajstić information content (AvgIpc) is 2.30. The van der Waals surface area contributed by atoms with Gasteiger partial charge in [-0.2, -0.15) is 0 Å². The van der Waals surface area contributed by atoms with E-state index in [1.807, 2.05) is 30.6 Å². The second-order valence-corrected chi connectivity index (χ2v) is 3.47. The van der Waals surface area contributed by atoms with E-state index in [1.54, 1.807) is 12.4 Å². The Labute approximate surface area is 91.2 Å². The first-order chi connectivity index (χ1) is 6.92. The monoisotopic (exact) mass is 248 g/mol. The van der Waals surface area contributed by atoms with Gasteiger partial charge >= 0.3 is 0 Å². The van der Waals surface area contributed by atoms with Crippen LogP contribution in [0.1, 0.15) is 5.56 Å². The smallest absolute Gasteiger partial charge is 0.0349 e. The predicted octanol–water partition coefficient (Wildman–Crippen LogP) is 3.04. The van der Waals surface area contributed by atoms with Crippen LogP contribution in [0.3, 0.4) is 0 Å². The van der Waals surface area contributed by atoms with Crippen LogP contribution in [0.2, 0.25) is 0 Å². The van der Waals surface area contributed by atoms with Gasteiger partial charge in [-0.05, 0) is 17.7 Å². The van der Waals surface area contributed by atoms with E-state index in [-0.39, 0.29) is 0 Å². The van der Waals surface area contributed by atoms with E-state index in [9.17, 15) is 0 Å². The molecule has 0 saturated carbocycles. The third-order valence-electron chi connectivity index (χ3n) is 2.03. The molecule has 0 bridgehead atoms. The second-order valence-electron chi connectivity index (χ2n) is 2.91. The Morgan fingerprint density at radius 2 is 1.93 bits per heavy atom. The van der Waals surface area contributed by atoms with Gasteiger partial charge in [0.05, 0.1) is 0 Å². The van der Waals surface area contributed by atoms with Crippen molar-refractivity contribution in [2.45, 2.75) is 5.33 Å². The van der Waals surface area contributed by atoms with E-state index in [4.69, 9.17) is 0 Å². The molecule has 2 heterocycles. The number of aromatic nitrogens is 2. The molecule has 3 heteroatoms. The molecule has 14 heavy (non-hydrogen) atoms. The molecule has 0 atom stereocenters. The molecular weight excluding hydrogens is 240 g/mol. The summed E-state index contributed by atoms with van der Waals surface area (Å²) >= 11 is 3.46. The third-order valence-corrected chi connectivity index (χ3v) is 2.63. The molecular formula is C11H9BrN2. The first-order valence-corrected chi connectivity index (χ1v) is 5.43. The summed E-state index contributed by atoms with van der Waals surface area (Å²) in [6, 6.07) is 5.98. The molecule has 2 aromatic heterocycles. The summed E-state index contributed by atoms with van der Waals surface area (Å²) in [6.07, 6.45) is 7.29. The molecule has 0 radical (unpaired) electrons. The lowest BCUT2D eigenvalue weighted by atomic mass is 10.1. The van der Waals surface area contributed by atoms with Gasteiger partial charge in [0.2, 0.25) is 0 Å². The first-order valence-electron chi connectivity index (χ1n) is 4.31. The number of halogens is 1. The van der Waals surface area contributed by atoms with Crippen molar-refractivity contribution in [1.82, 2.24) is 9.97 Å². The maximum absolute atomic E-state index is 4.12. The Balaban J connectivity index is 2.51. The Kier molecular flexibility index (Phi) is 2.89. The summed E-state index contributed by atoms with van der Waals surface area (Å²) in [5.41, 5.74) is 3.47. The standard InChI is InChI=1S/C11H9BrN2/c12-6-9-3-5-14-8-11(9)10-2-1-4-13-7-10/h1-5,7-8H,6H2. The summed E-state index contributed by atoms with van der Waals surface area (Å²) in [5, 5.41) is 0.833. The van der Waals surface area contributed by atoms with Crippen LogP contribution in [0.15, 0.2) is 43.0 Å². The van der Waals surface area contributed by atoms with Crippen LogP contribution in [0.4, 0.5) is 0 Å². The van der Waals surface area contributed by atoms with Gasteiger partial charge < -0.3 is 0 Å². The molecule has 2 nitrogen and oxygen atoms in total. The van der Waals surface area contributed by atoms with Gasteiger partial charge in [-0.25, -0.2) is 0 Å². The fraction of sp³-hybridized carbons (Fsp3) is 0.0909. The van der Waals surface area contributed by atoms with Gasteiger partial charge in [-0.15, -0.1) is 0 Å². The van der Waals surface area contributed by atoms with Gasteiger partial charge in [0.1, 0.15) is 0 Å². The van der Waals surface area contributed by atoms with Gasteiger partial charge in [0.25, 0.3) is 0 Å². The number of alkyl halides is 1. The van der Waals surface area contributed by atoms with E-state index >= 15 is 0 Å². The van der Waals surface area contributed by atoms with Crippen LogP contribution in [-0.2, 0) is 5.33 Å². The fourth-order valence-electron chi connectivity index (χ4n) is 1.32. The fourth-order valence-corrected chi connectivity index (χ4v) is 1.81. The number of pyridine rings is 2. The highest BCUT2D eigenvalue weighted by Gasteiger charge is 2.02. The van der Waals surface area contributed by atoms with Crippen molar-refractivity contribution in [3.8, 4) is 11.1 Å². The first kappa shape index (κ1) is 9.34. The van der Waals surface area contributed by atoms with Crippen molar-refractivity contribution in [3.05, 3.63) is 48.5 Å². The lowest BCUT2D eigenvalue weighted by Gasteiger charge is -2.04.